The lowest BCUT2D eigenvalue weighted by atomic mass is 10.2. The summed E-state index contributed by atoms with van der Waals surface area (Å²) in [5.74, 6) is -0.279. The van der Waals surface area contributed by atoms with Gasteiger partial charge >= 0.3 is 5.00 Å². The van der Waals surface area contributed by atoms with Crippen molar-refractivity contribution in [2.24, 2.45) is 0 Å². The Kier molecular flexibility index (Phi) is 5.22. The lowest BCUT2D eigenvalue weighted by molar-refractivity contribution is -0.384. The van der Waals surface area contributed by atoms with Gasteiger partial charge in [0.25, 0.3) is 5.69 Å². The molecular formula is C14H11N3O6S. The monoisotopic (exact) mass is 349 g/mol. The minimum atomic E-state index is -0.588. The van der Waals surface area contributed by atoms with E-state index in [2.05, 4.69) is 5.32 Å². The van der Waals surface area contributed by atoms with Gasteiger partial charge in [-0.05, 0) is 18.2 Å². The zero-order valence-corrected chi connectivity index (χ0v) is 13.1. The van der Waals surface area contributed by atoms with Gasteiger partial charge in [0, 0.05) is 29.2 Å². The summed E-state index contributed by atoms with van der Waals surface area (Å²) in [5, 5.41) is 23.8. The van der Waals surface area contributed by atoms with Crippen LogP contribution in [-0.2, 0) is 4.79 Å². The minimum absolute atomic E-state index is 0.0320. The predicted octanol–water partition coefficient (Wildman–Crippen LogP) is 3.23. The molecule has 2 rings (SSSR count). The predicted molar refractivity (Wildman–Crippen MR) is 88.3 cm³/mol. The smallest absolute Gasteiger partial charge is 0.324 e. The standard InChI is InChI=1S/C14H11N3O6S/c1-23-12-5-2-9(16(19)20)8-11(12)15-13(18)6-3-10-4-7-14(24-10)17(21)22/h2-8H,1H3,(H,15,18)/b6-3+. The van der Waals surface area contributed by atoms with E-state index in [-0.39, 0.29) is 22.1 Å². The summed E-state index contributed by atoms with van der Waals surface area (Å²) >= 11 is 0.923. The summed E-state index contributed by atoms with van der Waals surface area (Å²) in [7, 11) is 1.37. The van der Waals surface area contributed by atoms with Crippen LogP contribution in [0.1, 0.15) is 4.88 Å². The van der Waals surface area contributed by atoms with Crippen LogP contribution >= 0.6 is 11.3 Å². The van der Waals surface area contributed by atoms with Crippen molar-refractivity contribution in [2.45, 2.75) is 0 Å². The molecule has 1 heterocycles. The van der Waals surface area contributed by atoms with E-state index < -0.39 is 15.8 Å². The molecule has 0 radical (unpaired) electrons. The molecule has 0 saturated carbocycles. The van der Waals surface area contributed by atoms with E-state index in [0.717, 1.165) is 11.3 Å². The number of amides is 1. The molecule has 1 amide bonds. The number of non-ortho nitro benzene ring substituents is 1. The van der Waals surface area contributed by atoms with Crippen LogP contribution in [0, 0.1) is 20.2 Å². The molecule has 9 nitrogen and oxygen atoms in total. The van der Waals surface area contributed by atoms with Crippen LogP contribution in [0.25, 0.3) is 6.08 Å². The lowest BCUT2D eigenvalue weighted by Gasteiger charge is -2.08. The average molecular weight is 349 g/mol. The van der Waals surface area contributed by atoms with Gasteiger partial charge in [-0.2, -0.15) is 0 Å². The molecule has 0 bridgehead atoms. The van der Waals surface area contributed by atoms with Crippen molar-refractivity contribution in [2.75, 3.05) is 12.4 Å². The van der Waals surface area contributed by atoms with Gasteiger partial charge in [-0.3, -0.25) is 25.0 Å². The highest BCUT2D eigenvalue weighted by atomic mass is 32.1. The van der Waals surface area contributed by atoms with E-state index in [4.69, 9.17) is 4.74 Å². The Morgan fingerprint density at radius 1 is 1.21 bits per heavy atom. The van der Waals surface area contributed by atoms with Crippen molar-refractivity contribution >= 4 is 39.7 Å². The van der Waals surface area contributed by atoms with Gasteiger partial charge in [-0.25, -0.2) is 0 Å². The summed E-state index contributed by atoms with van der Waals surface area (Å²) in [4.78, 5) is 32.7. The molecule has 0 aliphatic heterocycles. The molecule has 0 aliphatic carbocycles. The number of nitrogens with zero attached hydrogens (tertiary/aromatic N) is 2. The largest absolute Gasteiger partial charge is 0.495 e. The molecule has 2 aromatic rings. The van der Waals surface area contributed by atoms with Crippen molar-refractivity contribution in [3.63, 3.8) is 0 Å². The fourth-order valence-corrected chi connectivity index (χ4v) is 2.49. The Morgan fingerprint density at radius 3 is 2.54 bits per heavy atom. The maximum Gasteiger partial charge on any atom is 0.324 e. The van der Waals surface area contributed by atoms with Gasteiger partial charge < -0.3 is 10.1 Å². The van der Waals surface area contributed by atoms with E-state index in [1.54, 1.807) is 0 Å². The maximum absolute atomic E-state index is 11.9. The number of benzene rings is 1. The number of nitro benzene ring substituents is 1. The molecular weight excluding hydrogens is 338 g/mol. The van der Waals surface area contributed by atoms with Crippen molar-refractivity contribution in [3.05, 3.63) is 61.5 Å². The first-order valence-electron chi connectivity index (χ1n) is 6.46. The Bertz CT molecular complexity index is 830. The Hall–Kier alpha value is -3.27. The van der Waals surface area contributed by atoms with Crippen molar-refractivity contribution < 1.29 is 19.4 Å². The highest BCUT2D eigenvalue weighted by molar-refractivity contribution is 7.16. The number of carbonyl (C=O) groups is 1. The second-order valence-electron chi connectivity index (χ2n) is 4.40. The van der Waals surface area contributed by atoms with Crippen LogP contribution in [0.5, 0.6) is 5.75 Å². The van der Waals surface area contributed by atoms with E-state index in [0.29, 0.717) is 4.88 Å². The van der Waals surface area contributed by atoms with Gasteiger partial charge in [0.05, 0.1) is 22.6 Å². The van der Waals surface area contributed by atoms with Crippen LogP contribution < -0.4 is 10.1 Å². The highest BCUT2D eigenvalue weighted by Crippen LogP contribution is 2.29. The zero-order chi connectivity index (χ0) is 17.7. The summed E-state index contributed by atoms with van der Waals surface area (Å²) in [6, 6.07) is 6.67. The number of carbonyl (C=O) groups excluding carboxylic acids is 1. The maximum atomic E-state index is 11.9. The van der Waals surface area contributed by atoms with Crippen molar-refractivity contribution in [1.82, 2.24) is 0 Å². The number of thiophene rings is 1. The molecule has 24 heavy (non-hydrogen) atoms. The fraction of sp³-hybridized carbons (Fsp3) is 0.0714. The van der Waals surface area contributed by atoms with E-state index in [1.807, 2.05) is 0 Å². The first kappa shape index (κ1) is 17.1. The molecule has 0 aliphatic rings. The van der Waals surface area contributed by atoms with E-state index in [9.17, 15) is 25.0 Å². The Labute approximate surface area is 139 Å². The molecule has 1 aromatic carbocycles. The van der Waals surface area contributed by atoms with Crippen LogP contribution in [0.3, 0.4) is 0 Å². The molecule has 1 aromatic heterocycles. The van der Waals surface area contributed by atoms with Crippen LogP contribution in [-0.4, -0.2) is 22.9 Å². The molecule has 10 heteroatoms. The van der Waals surface area contributed by atoms with Gasteiger partial charge in [0.15, 0.2) is 0 Å². The summed E-state index contributed by atoms with van der Waals surface area (Å²) < 4.78 is 5.04. The third-order valence-electron chi connectivity index (χ3n) is 2.84. The SMILES string of the molecule is COc1ccc([N+](=O)[O-])cc1NC(=O)/C=C/c1ccc([N+](=O)[O-])s1. The zero-order valence-electron chi connectivity index (χ0n) is 12.3. The van der Waals surface area contributed by atoms with E-state index in [1.165, 1.54) is 49.6 Å². The number of anilines is 1. The highest BCUT2D eigenvalue weighted by Gasteiger charge is 2.13. The van der Waals surface area contributed by atoms with Crippen LogP contribution in [0.15, 0.2) is 36.4 Å². The minimum Gasteiger partial charge on any atom is -0.495 e. The summed E-state index contributed by atoms with van der Waals surface area (Å²) in [6.45, 7) is 0. The Balaban J connectivity index is 2.13. The fourth-order valence-electron chi connectivity index (χ4n) is 1.77. The lowest BCUT2D eigenvalue weighted by Crippen LogP contribution is -2.09. The second-order valence-corrected chi connectivity index (χ2v) is 5.49. The molecule has 124 valence electrons. The third kappa shape index (κ3) is 4.14. The number of methoxy groups -OCH3 is 1. The molecule has 0 atom stereocenters. The van der Waals surface area contributed by atoms with Gasteiger partial charge in [-0.1, -0.05) is 11.3 Å². The summed E-state index contributed by atoms with van der Waals surface area (Å²) in [5.41, 5.74) is -0.0394. The Morgan fingerprint density at radius 2 is 1.96 bits per heavy atom. The number of nitro groups is 2. The first-order chi connectivity index (χ1) is 11.4. The van der Waals surface area contributed by atoms with Gasteiger partial charge in [-0.15, -0.1) is 0 Å². The normalized spacial score (nSPS) is 10.5. The number of nitrogens with one attached hydrogen (secondary N) is 1. The van der Waals surface area contributed by atoms with Crippen molar-refractivity contribution in [1.29, 1.82) is 0 Å². The van der Waals surface area contributed by atoms with Gasteiger partial charge in [0.1, 0.15) is 5.75 Å². The topological polar surface area (TPSA) is 125 Å². The number of ether oxygens (including phenoxy) is 1. The quantitative estimate of drug-likeness (QED) is 0.485. The first-order valence-corrected chi connectivity index (χ1v) is 7.28. The van der Waals surface area contributed by atoms with Gasteiger partial charge in [0.2, 0.25) is 5.91 Å². The van der Waals surface area contributed by atoms with Crippen molar-refractivity contribution in [3.8, 4) is 5.75 Å². The number of rotatable bonds is 6. The average Bonchev–Trinajstić information content (AvgIpc) is 3.02. The van der Waals surface area contributed by atoms with E-state index >= 15 is 0 Å². The molecule has 1 N–H and O–H groups in total. The molecule has 0 saturated heterocycles. The molecule has 0 spiro atoms. The number of hydrogen-bond acceptors (Lipinski definition) is 7. The summed E-state index contributed by atoms with van der Waals surface area (Å²) in [6.07, 6.45) is 2.59. The second kappa shape index (κ2) is 7.33. The number of hydrogen-bond donors (Lipinski definition) is 1. The third-order valence-corrected chi connectivity index (χ3v) is 3.85. The molecule has 0 fully saturated rings. The van der Waals surface area contributed by atoms with Crippen LogP contribution in [0.4, 0.5) is 16.4 Å². The van der Waals surface area contributed by atoms with Crippen LogP contribution in [0.2, 0.25) is 0 Å². The molecule has 0 unspecified atom stereocenters.